The summed E-state index contributed by atoms with van der Waals surface area (Å²) in [7, 11) is -3.29. The van der Waals surface area contributed by atoms with Crippen LogP contribution in [0.2, 0.25) is 0 Å². The molecular weight excluding hydrogens is 337 g/mol. The molecule has 2 N–H and O–H groups in total. The highest BCUT2D eigenvalue weighted by Crippen LogP contribution is 2.13. The van der Waals surface area contributed by atoms with Crippen molar-refractivity contribution in [1.29, 1.82) is 0 Å². The number of hydrogen-bond acceptors (Lipinski definition) is 4. The number of nitrogens with one attached hydrogen (secondary N) is 2. The quantitative estimate of drug-likeness (QED) is 0.781. The van der Waals surface area contributed by atoms with Gasteiger partial charge in [0, 0.05) is 19.1 Å². The lowest BCUT2D eigenvalue weighted by Gasteiger charge is -2.31. The van der Waals surface area contributed by atoms with Crippen molar-refractivity contribution in [3.63, 3.8) is 0 Å². The van der Waals surface area contributed by atoms with E-state index in [1.807, 2.05) is 0 Å². The zero-order valence-corrected chi connectivity index (χ0v) is 14.1. The van der Waals surface area contributed by atoms with Gasteiger partial charge in [0.1, 0.15) is 5.82 Å². The fourth-order valence-electron chi connectivity index (χ4n) is 2.54. The number of carbonyl (C=O) groups is 2. The second kappa shape index (κ2) is 7.71. The van der Waals surface area contributed by atoms with Gasteiger partial charge in [-0.3, -0.25) is 9.59 Å². The topological polar surface area (TPSA) is 95.6 Å². The lowest BCUT2D eigenvalue weighted by Crippen LogP contribution is -2.51. The van der Waals surface area contributed by atoms with Crippen molar-refractivity contribution in [2.24, 2.45) is 0 Å². The van der Waals surface area contributed by atoms with Crippen LogP contribution in [0, 0.1) is 5.82 Å². The summed E-state index contributed by atoms with van der Waals surface area (Å²) in [6, 6.07) is 5.19. The molecular formula is C15H20FN3O4S. The molecule has 1 atom stereocenters. The highest BCUT2D eigenvalue weighted by molar-refractivity contribution is 7.88. The van der Waals surface area contributed by atoms with Gasteiger partial charge in [0.25, 0.3) is 5.91 Å². The minimum atomic E-state index is -3.29. The first-order valence-corrected chi connectivity index (χ1v) is 9.39. The van der Waals surface area contributed by atoms with Gasteiger partial charge in [-0.05, 0) is 25.0 Å². The summed E-state index contributed by atoms with van der Waals surface area (Å²) in [6.45, 7) is 0.351. The van der Waals surface area contributed by atoms with Crippen LogP contribution in [0.15, 0.2) is 24.3 Å². The molecule has 9 heteroatoms. The lowest BCUT2D eigenvalue weighted by molar-refractivity contribution is -0.121. The molecule has 2 amide bonds. The van der Waals surface area contributed by atoms with Gasteiger partial charge < -0.3 is 10.6 Å². The van der Waals surface area contributed by atoms with Crippen LogP contribution in [0.1, 0.15) is 23.2 Å². The molecule has 1 aliphatic heterocycles. The van der Waals surface area contributed by atoms with Crippen molar-refractivity contribution in [1.82, 2.24) is 14.9 Å². The van der Waals surface area contributed by atoms with Crippen molar-refractivity contribution >= 4 is 21.8 Å². The van der Waals surface area contributed by atoms with Crippen LogP contribution in [0.3, 0.4) is 0 Å². The zero-order valence-electron chi connectivity index (χ0n) is 13.3. The minimum Gasteiger partial charge on any atom is -0.351 e. The Morgan fingerprint density at radius 2 is 2.04 bits per heavy atom. The fraction of sp³-hybridized carbons (Fsp3) is 0.467. The predicted molar refractivity (Wildman–Crippen MR) is 86.3 cm³/mol. The van der Waals surface area contributed by atoms with Crippen LogP contribution in [-0.4, -0.2) is 56.5 Å². The molecule has 24 heavy (non-hydrogen) atoms. The number of benzene rings is 1. The maximum absolute atomic E-state index is 13.5. The normalized spacial score (nSPS) is 18.8. The van der Waals surface area contributed by atoms with E-state index in [4.69, 9.17) is 0 Å². The summed E-state index contributed by atoms with van der Waals surface area (Å²) in [5.41, 5.74) is -0.133. The monoisotopic (exact) mass is 357 g/mol. The number of rotatable bonds is 5. The van der Waals surface area contributed by atoms with E-state index in [2.05, 4.69) is 10.6 Å². The van der Waals surface area contributed by atoms with Crippen LogP contribution in [0.25, 0.3) is 0 Å². The first kappa shape index (κ1) is 18.3. The van der Waals surface area contributed by atoms with Gasteiger partial charge in [0.05, 0.1) is 18.4 Å². The van der Waals surface area contributed by atoms with E-state index in [0.717, 1.165) is 12.3 Å². The van der Waals surface area contributed by atoms with Crippen LogP contribution in [-0.2, 0) is 14.8 Å². The van der Waals surface area contributed by atoms with Crippen LogP contribution in [0.4, 0.5) is 4.39 Å². The van der Waals surface area contributed by atoms with Crippen molar-refractivity contribution in [3.05, 3.63) is 35.6 Å². The summed E-state index contributed by atoms with van der Waals surface area (Å²) in [5, 5.41) is 5.04. The maximum atomic E-state index is 13.5. The van der Waals surface area contributed by atoms with E-state index in [-0.39, 0.29) is 24.7 Å². The fourth-order valence-corrected chi connectivity index (χ4v) is 3.45. The SMILES string of the molecule is CS(=O)(=O)N1CCCC(NC(=O)CNC(=O)c2ccccc2F)C1. The summed E-state index contributed by atoms with van der Waals surface area (Å²) in [5.74, 6) is -1.78. The summed E-state index contributed by atoms with van der Waals surface area (Å²) < 4.78 is 37.9. The number of sulfonamides is 1. The van der Waals surface area contributed by atoms with Crippen molar-refractivity contribution in [2.45, 2.75) is 18.9 Å². The second-order valence-corrected chi connectivity index (χ2v) is 7.67. The first-order valence-electron chi connectivity index (χ1n) is 7.54. The third-order valence-corrected chi connectivity index (χ3v) is 5.02. The molecule has 0 spiro atoms. The van der Waals surface area contributed by atoms with Crippen LogP contribution < -0.4 is 10.6 Å². The number of nitrogens with zero attached hydrogens (tertiary/aromatic N) is 1. The molecule has 1 aromatic rings. The third kappa shape index (κ3) is 5.00. The Hall–Kier alpha value is -2.00. The molecule has 1 saturated heterocycles. The van der Waals surface area contributed by atoms with Gasteiger partial charge in [0.2, 0.25) is 15.9 Å². The van der Waals surface area contributed by atoms with E-state index in [9.17, 15) is 22.4 Å². The van der Waals surface area contributed by atoms with Gasteiger partial charge >= 0.3 is 0 Å². The second-order valence-electron chi connectivity index (χ2n) is 5.69. The Morgan fingerprint density at radius 3 is 2.71 bits per heavy atom. The molecule has 1 aromatic carbocycles. The average molecular weight is 357 g/mol. The smallest absolute Gasteiger partial charge is 0.254 e. The van der Waals surface area contributed by atoms with Crippen molar-refractivity contribution < 1.29 is 22.4 Å². The lowest BCUT2D eigenvalue weighted by atomic mass is 10.1. The van der Waals surface area contributed by atoms with E-state index in [1.54, 1.807) is 0 Å². The Bertz CT molecular complexity index is 723. The number of halogens is 1. The average Bonchev–Trinajstić information content (AvgIpc) is 2.52. The first-order chi connectivity index (χ1) is 11.3. The minimum absolute atomic E-state index is 0.133. The Balaban J connectivity index is 1.83. The summed E-state index contributed by atoms with van der Waals surface area (Å²) in [4.78, 5) is 23.7. The molecule has 0 saturated carbocycles. The highest BCUT2D eigenvalue weighted by Gasteiger charge is 2.26. The summed E-state index contributed by atoms with van der Waals surface area (Å²) >= 11 is 0. The predicted octanol–water partition coefficient (Wildman–Crippen LogP) is 0.0957. The molecule has 1 unspecified atom stereocenters. The molecule has 1 aliphatic rings. The van der Waals surface area contributed by atoms with Gasteiger partial charge in [-0.2, -0.15) is 0 Å². The number of hydrogen-bond donors (Lipinski definition) is 2. The maximum Gasteiger partial charge on any atom is 0.254 e. The molecule has 1 fully saturated rings. The largest absolute Gasteiger partial charge is 0.351 e. The molecule has 0 aromatic heterocycles. The van der Waals surface area contributed by atoms with E-state index < -0.39 is 27.7 Å². The van der Waals surface area contributed by atoms with Crippen molar-refractivity contribution in [3.8, 4) is 0 Å². The van der Waals surface area contributed by atoms with E-state index >= 15 is 0 Å². The molecule has 0 radical (unpaired) electrons. The molecule has 0 aliphatic carbocycles. The van der Waals surface area contributed by atoms with Crippen LogP contribution in [0.5, 0.6) is 0 Å². The van der Waals surface area contributed by atoms with E-state index in [0.29, 0.717) is 19.4 Å². The number of piperidine rings is 1. The number of carbonyl (C=O) groups excluding carboxylic acids is 2. The van der Waals surface area contributed by atoms with Gasteiger partial charge in [-0.15, -0.1) is 0 Å². The zero-order chi connectivity index (χ0) is 17.7. The Morgan fingerprint density at radius 1 is 1.33 bits per heavy atom. The van der Waals surface area contributed by atoms with E-state index in [1.165, 1.54) is 22.5 Å². The van der Waals surface area contributed by atoms with Gasteiger partial charge in [0.15, 0.2) is 0 Å². The number of amides is 2. The highest BCUT2D eigenvalue weighted by atomic mass is 32.2. The third-order valence-electron chi connectivity index (χ3n) is 3.75. The standard InChI is InChI=1S/C15H20FN3O4S/c1-24(22,23)19-8-4-5-11(10-19)18-14(20)9-17-15(21)12-6-2-3-7-13(12)16/h2-3,6-7,11H,4-5,8-10H2,1H3,(H,17,21)(H,18,20). The molecule has 132 valence electrons. The molecule has 7 nitrogen and oxygen atoms in total. The van der Waals surface area contributed by atoms with Crippen molar-refractivity contribution in [2.75, 3.05) is 25.9 Å². The Kier molecular flexibility index (Phi) is 5.89. The molecule has 0 bridgehead atoms. The molecule has 2 rings (SSSR count). The molecule has 1 heterocycles. The summed E-state index contributed by atoms with van der Waals surface area (Å²) in [6.07, 6.45) is 2.45. The van der Waals surface area contributed by atoms with Gasteiger partial charge in [-0.25, -0.2) is 17.1 Å². The van der Waals surface area contributed by atoms with Crippen LogP contribution >= 0.6 is 0 Å². The Labute approximate surface area is 140 Å². The van der Waals surface area contributed by atoms with Gasteiger partial charge in [-0.1, -0.05) is 12.1 Å².